The molecule has 2 rings (SSSR count). The van der Waals surface area contributed by atoms with Gasteiger partial charge in [-0.3, -0.25) is 14.4 Å². The van der Waals surface area contributed by atoms with Crippen molar-refractivity contribution in [1.29, 1.82) is 5.26 Å². The molecule has 3 unspecified atom stereocenters. The highest BCUT2D eigenvalue weighted by Gasteiger charge is 2.57. The summed E-state index contributed by atoms with van der Waals surface area (Å²) in [6, 6.07) is 8.88. The van der Waals surface area contributed by atoms with Gasteiger partial charge < -0.3 is 25.2 Å². The fourth-order valence-electron chi connectivity index (χ4n) is 2.55. The van der Waals surface area contributed by atoms with Crippen molar-refractivity contribution >= 4 is 42.2 Å². The quantitative estimate of drug-likeness (QED) is 0.296. The summed E-state index contributed by atoms with van der Waals surface area (Å²) in [5, 5.41) is 14.8. The third-order valence-electron chi connectivity index (χ3n) is 4.69. The molecule has 0 aromatic heterocycles. The number of nitrogens with one attached hydrogen (secondary N) is 2. The highest BCUT2D eigenvalue weighted by atomic mass is 35.5. The Hall–Kier alpha value is -3.15. The van der Waals surface area contributed by atoms with Crippen molar-refractivity contribution < 1.29 is 41.1 Å². The van der Waals surface area contributed by atoms with Crippen molar-refractivity contribution in [1.82, 2.24) is 15.1 Å². The first kappa shape index (κ1) is 45.3. The standard InChI is InChI=1S/C10H17N3O.C7H6ClNO.C5H12.C4H9NO.C3HF5O/c1-8-4-9(5-11)13(6-8)10(14)7-12(2)3;8-6-1-3-7(4-2-6)9-5-10;1-5(2,3)4;1-4(3-6)5-2;4-2(5,1-9)3(6,7)8/h8-9H,4,6-7H2,1-3H3;1-5H,(H,9,10);1-4H3;3-5H,1-2H3;1H. The Labute approximate surface area is 262 Å². The van der Waals surface area contributed by atoms with Crippen LogP contribution in [0.4, 0.5) is 27.6 Å². The van der Waals surface area contributed by atoms with E-state index in [1.165, 1.54) is 0 Å². The number of amides is 2. The van der Waals surface area contributed by atoms with E-state index in [1.54, 1.807) is 43.1 Å². The van der Waals surface area contributed by atoms with Gasteiger partial charge in [-0.2, -0.15) is 27.2 Å². The number of nitriles is 1. The lowest BCUT2D eigenvalue weighted by atomic mass is 10.0. The van der Waals surface area contributed by atoms with Gasteiger partial charge in [-0.1, -0.05) is 46.2 Å². The highest BCUT2D eigenvalue weighted by Crippen LogP contribution is 2.33. The van der Waals surface area contributed by atoms with Crippen LogP contribution in [-0.4, -0.2) is 93.1 Å². The maximum atomic E-state index is 11.7. The number of rotatable bonds is 7. The lowest BCUT2D eigenvalue weighted by molar-refractivity contribution is -0.262. The summed E-state index contributed by atoms with van der Waals surface area (Å²) in [5.74, 6) is -4.69. The van der Waals surface area contributed by atoms with Gasteiger partial charge in [-0.25, -0.2) is 0 Å². The molecule has 3 atom stereocenters. The molecule has 2 amide bonds. The molecule has 0 bridgehead atoms. The first-order valence-corrected chi connectivity index (χ1v) is 13.7. The van der Waals surface area contributed by atoms with Gasteiger partial charge in [0, 0.05) is 17.3 Å². The summed E-state index contributed by atoms with van der Waals surface area (Å²) < 4.78 is 54.9. The maximum absolute atomic E-state index is 11.7. The third-order valence-corrected chi connectivity index (χ3v) is 4.94. The number of alkyl halides is 5. The zero-order valence-electron chi connectivity index (χ0n) is 26.6. The molecule has 15 heteroatoms. The number of aldehydes is 2. The molecular formula is C29H45ClF5N5O4. The molecule has 0 spiro atoms. The number of halogens is 6. The van der Waals surface area contributed by atoms with Gasteiger partial charge in [0.05, 0.1) is 18.7 Å². The van der Waals surface area contributed by atoms with Gasteiger partial charge in [0.15, 0.2) is 6.29 Å². The normalized spacial score (nSPS) is 16.5. The highest BCUT2D eigenvalue weighted by molar-refractivity contribution is 6.30. The third kappa shape index (κ3) is 24.3. The van der Waals surface area contributed by atoms with E-state index in [9.17, 15) is 36.3 Å². The lowest BCUT2D eigenvalue weighted by Crippen LogP contribution is -2.40. The summed E-state index contributed by atoms with van der Waals surface area (Å²) in [6.45, 7) is 13.7. The molecule has 2 N–H and O–H groups in total. The first-order chi connectivity index (χ1) is 20.0. The van der Waals surface area contributed by atoms with Gasteiger partial charge in [0.2, 0.25) is 12.3 Å². The summed E-state index contributed by atoms with van der Waals surface area (Å²) in [7, 11) is 5.47. The SMILES string of the molecule is CC(C)(C)C.CC1CC(C#N)N(C(=O)CN(C)C)C1.CNC(C)C=O.O=CC(F)(F)C(F)(F)F.O=CNc1ccc(Cl)cc1. The Morgan fingerprint density at radius 2 is 1.59 bits per heavy atom. The monoisotopic (exact) mass is 657 g/mol. The maximum Gasteiger partial charge on any atom is 0.460 e. The molecule has 1 saturated heterocycles. The van der Waals surface area contributed by atoms with E-state index in [4.69, 9.17) is 21.7 Å². The lowest BCUT2D eigenvalue weighted by Gasteiger charge is -2.21. The number of nitrogens with zero attached hydrogens (tertiary/aromatic N) is 3. The first-order valence-electron chi connectivity index (χ1n) is 13.3. The summed E-state index contributed by atoms with van der Waals surface area (Å²) in [4.78, 5) is 43.8. The number of likely N-dealkylation sites (N-methyl/N-ethyl adjacent to an activating group) is 2. The van der Waals surface area contributed by atoms with Crippen molar-refractivity contribution in [3.8, 4) is 6.07 Å². The van der Waals surface area contributed by atoms with Gasteiger partial charge in [0.25, 0.3) is 0 Å². The topological polar surface area (TPSA) is 123 Å². The Morgan fingerprint density at radius 1 is 1.11 bits per heavy atom. The molecule has 44 heavy (non-hydrogen) atoms. The van der Waals surface area contributed by atoms with E-state index in [2.05, 4.69) is 51.3 Å². The van der Waals surface area contributed by atoms with Crippen LogP contribution in [0.15, 0.2) is 24.3 Å². The largest absolute Gasteiger partial charge is 0.460 e. The minimum Gasteiger partial charge on any atom is -0.329 e. The molecule has 1 aromatic carbocycles. The smallest absolute Gasteiger partial charge is 0.329 e. The number of hydrogen-bond acceptors (Lipinski definition) is 7. The van der Waals surface area contributed by atoms with E-state index in [1.807, 2.05) is 19.0 Å². The van der Waals surface area contributed by atoms with Gasteiger partial charge >= 0.3 is 12.1 Å². The zero-order chi connectivity index (χ0) is 35.3. The Bertz CT molecular complexity index is 1010. The van der Waals surface area contributed by atoms with Crippen molar-refractivity contribution in [2.75, 3.05) is 39.5 Å². The van der Waals surface area contributed by atoms with Gasteiger partial charge in [0.1, 0.15) is 12.3 Å². The Kier molecular flexibility index (Phi) is 23.0. The Morgan fingerprint density at radius 3 is 1.86 bits per heavy atom. The number of likely N-dealkylation sites (tertiary alicyclic amines) is 1. The van der Waals surface area contributed by atoms with Crippen LogP contribution in [0.25, 0.3) is 0 Å². The van der Waals surface area contributed by atoms with Crippen LogP contribution in [0.3, 0.4) is 0 Å². The van der Waals surface area contributed by atoms with E-state index in [-0.39, 0.29) is 18.0 Å². The van der Waals surface area contributed by atoms with Crippen LogP contribution >= 0.6 is 11.6 Å². The molecule has 252 valence electrons. The summed E-state index contributed by atoms with van der Waals surface area (Å²) in [6.07, 6.45) is -4.89. The van der Waals surface area contributed by atoms with Crippen LogP contribution in [-0.2, 0) is 19.2 Å². The predicted octanol–water partition coefficient (Wildman–Crippen LogP) is 5.45. The predicted molar refractivity (Wildman–Crippen MR) is 161 cm³/mol. The molecule has 9 nitrogen and oxygen atoms in total. The number of carbonyl (C=O) groups excluding carboxylic acids is 4. The molecular weight excluding hydrogens is 613 g/mol. The van der Waals surface area contributed by atoms with E-state index in [0.29, 0.717) is 29.3 Å². The fraction of sp³-hybridized carbons (Fsp3) is 0.621. The number of anilines is 1. The molecule has 0 saturated carbocycles. The van der Waals surface area contributed by atoms with Crippen LogP contribution in [0.1, 0.15) is 48.0 Å². The minimum absolute atomic E-state index is 0.00463. The number of carbonyl (C=O) groups is 4. The van der Waals surface area contributed by atoms with Crippen molar-refractivity contribution in [3.63, 3.8) is 0 Å². The number of hydrogen-bond donors (Lipinski definition) is 2. The van der Waals surface area contributed by atoms with Gasteiger partial charge in [-0.05, 0) is 70.1 Å². The second kappa shape index (κ2) is 22.4. The van der Waals surface area contributed by atoms with Crippen molar-refractivity contribution in [2.45, 2.75) is 72.1 Å². The van der Waals surface area contributed by atoms with Crippen LogP contribution < -0.4 is 10.6 Å². The van der Waals surface area contributed by atoms with Crippen LogP contribution in [0, 0.1) is 22.7 Å². The number of benzene rings is 1. The minimum atomic E-state index is -5.76. The van der Waals surface area contributed by atoms with E-state index in [0.717, 1.165) is 24.9 Å². The molecule has 1 fully saturated rings. The van der Waals surface area contributed by atoms with E-state index < -0.39 is 18.4 Å². The van der Waals surface area contributed by atoms with Crippen LogP contribution in [0.2, 0.25) is 5.02 Å². The molecule has 1 aliphatic heterocycles. The Balaban J connectivity index is -0.000000502. The van der Waals surface area contributed by atoms with Crippen LogP contribution in [0.5, 0.6) is 0 Å². The molecule has 0 aliphatic carbocycles. The second-order valence-corrected chi connectivity index (χ2v) is 11.9. The summed E-state index contributed by atoms with van der Waals surface area (Å²) in [5.41, 5.74) is 1.25. The average molecular weight is 658 g/mol. The van der Waals surface area contributed by atoms with E-state index >= 15 is 0 Å². The fourth-order valence-corrected chi connectivity index (χ4v) is 2.68. The summed E-state index contributed by atoms with van der Waals surface area (Å²) >= 11 is 5.60. The molecule has 1 aliphatic rings. The molecule has 1 heterocycles. The molecule has 0 radical (unpaired) electrons. The van der Waals surface area contributed by atoms with Gasteiger partial charge in [-0.15, -0.1) is 0 Å². The average Bonchev–Trinajstić information content (AvgIpc) is 3.29. The van der Waals surface area contributed by atoms with Crippen molar-refractivity contribution in [2.24, 2.45) is 11.3 Å². The molecule has 1 aromatic rings. The van der Waals surface area contributed by atoms with Crippen molar-refractivity contribution in [3.05, 3.63) is 29.3 Å². The zero-order valence-corrected chi connectivity index (χ0v) is 27.4. The second-order valence-electron chi connectivity index (χ2n) is 11.5.